The predicted octanol–water partition coefficient (Wildman–Crippen LogP) is 7.35. The number of fused-ring (bicyclic) bond motifs is 1. The van der Waals surface area contributed by atoms with Crippen molar-refractivity contribution in [1.29, 1.82) is 0 Å². The molecule has 0 fully saturated rings. The van der Waals surface area contributed by atoms with E-state index in [0.29, 0.717) is 11.7 Å². The summed E-state index contributed by atoms with van der Waals surface area (Å²) in [5.41, 5.74) is 5.34. The van der Waals surface area contributed by atoms with Crippen molar-refractivity contribution in [3.8, 4) is 11.5 Å². The van der Waals surface area contributed by atoms with E-state index >= 15 is 0 Å². The fraction of sp³-hybridized carbons (Fsp3) is 0.481. The number of ether oxygens (including phenoxy) is 1. The van der Waals surface area contributed by atoms with Crippen LogP contribution < -0.4 is 4.74 Å². The average molecular weight is 393 g/mol. The third-order valence-electron chi connectivity index (χ3n) is 6.08. The highest BCUT2D eigenvalue weighted by Crippen LogP contribution is 2.36. The Hall–Kier alpha value is -2.22. The van der Waals surface area contributed by atoms with Crippen molar-refractivity contribution in [2.75, 3.05) is 6.61 Å². The van der Waals surface area contributed by atoms with E-state index in [4.69, 9.17) is 4.74 Å². The van der Waals surface area contributed by atoms with Gasteiger partial charge >= 0.3 is 0 Å². The maximum atomic E-state index is 9.78. The predicted molar refractivity (Wildman–Crippen MR) is 122 cm³/mol. The molecule has 2 aromatic carbocycles. The minimum absolute atomic E-state index is 0.359. The van der Waals surface area contributed by atoms with Crippen LogP contribution in [0.15, 0.2) is 54.1 Å². The van der Waals surface area contributed by atoms with Crippen LogP contribution in [-0.4, -0.2) is 11.7 Å². The van der Waals surface area contributed by atoms with Gasteiger partial charge in [0.1, 0.15) is 11.5 Å². The highest BCUT2D eigenvalue weighted by atomic mass is 16.5. The Morgan fingerprint density at radius 1 is 0.931 bits per heavy atom. The van der Waals surface area contributed by atoms with Gasteiger partial charge in [-0.2, -0.15) is 0 Å². The molecule has 0 saturated carbocycles. The molecule has 0 bridgehead atoms. The van der Waals surface area contributed by atoms with Gasteiger partial charge in [-0.1, -0.05) is 75.3 Å². The zero-order valence-electron chi connectivity index (χ0n) is 18.1. The molecule has 1 unspecified atom stereocenters. The van der Waals surface area contributed by atoms with Crippen molar-refractivity contribution in [3.05, 3.63) is 70.8 Å². The first-order valence-electron chi connectivity index (χ1n) is 11.4. The van der Waals surface area contributed by atoms with Crippen LogP contribution in [0.3, 0.4) is 0 Å². The zero-order chi connectivity index (χ0) is 20.5. The molecule has 0 saturated heterocycles. The summed E-state index contributed by atoms with van der Waals surface area (Å²) in [5.74, 6) is 1.72. The Bertz CT molecular complexity index is 789. The minimum Gasteiger partial charge on any atom is -0.508 e. The summed E-state index contributed by atoms with van der Waals surface area (Å²) in [4.78, 5) is 0. The third kappa shape index (κ3) is 6.39. The van der Waals surface area contributed by atoms with Gasteiger partial charge in [-0.15, -0.1) is 0 Å². The van der Waals surface area contributed by atoms with E-state index < -0.39 is 0 Å². The number of hydrogen-bond donors (Lipinski definition) is 1. The van der Waals surface area contributed by atoms with Gasteiger partial charge in [0.05, 0.1) is 6.61 Å². The van der Waals surface area contributed by atoms with Gasteiger partial charge in [0.2, 0.25) is 0 Å². The maximum Gasteiger partial charge on any atom is 0.119 e. The standard InChI is InChI=1S/C27H36O2/c1-3-4-5-6-7-8-9-18-29-25-15-11-22(12-16-25)19-27-21(2)10-13-23-20-24(28)14-17-26(23)27/h10-12,14-17,20,27-28H,3-9,13,18-19H2,1-2H3. The lowest BCUT2D eigenvalue weighted by molar-refractivity contribution is 0.304. The van der Waals surface area contributed by atoms with E-state index in [9.17, 15) is 5.11 Å². The van der Waals surface area contributed by atoms with Gasteiger partial charge in [-0.3, -0.25) is 0 Å². The van der Waals surface area contributed by atoms with Crippen molar-refractivity contribution in [3.63, 3.8) is 0 Å². The van der Waals surface area contributed by atoms with E-state index in [-0.39, 0.29) is 0 Å². The van der Waals surface area contributed by atoms with Crippen molar-refractivity contribution in [1.82, 2.24) is 0 Å². The monoisotopic (exact) mass is 392 g/mol. The lowest BCUT2D eigenvalue weighted by Gasteiger charge is -2.26. The van der Waals surface area contributed by atoms with E-state index in [0.717, 1.165) is 31.6 Å². The summed E-state index contributed by atoms with van der Waals surface area (Å²) in [5, 5.41) is 9.78. The normalized spacial score (nSPS) is 15.7. The first-order chi connectivity index (χ1) is 14.2. The first kappa shape index (κ1) is 21.5. The summed E-state index contributed by atoms with van der Waals surface area (Å²) >= 11 is 0. The molecule has 0 aliphatic heterocycles. The van der Waals surface area contributed by atoms with Crippen LogP contribution in [0, 0.1) is 0 Å². The second-order valence-electron chi connectivity index (χ2n) is 8.41. The molecule has 0 aromatic heterocycles. The Kier molecular flexibility index (Phi) is 8.22. The van der Waals surface area contributed by atoms with E-state index in [1.165, 1.54) is 60.8 Å². The molecule has 2 nitrogen and oxygen atoms in total. The van der Waals surface area contributed by atoms with Gasteiger partial charge in [0.15, 0.2) is 0 Å². The Labute approximate surface area is 176 Å². The molecular formula is C27H36O2. The molecule has 0 radical (unpaired) electrons. The van der Waals surface area contributed by atoms with Crippen molar-refractivity contribution in [2.45, 2.75) is 77.6 Å². The van der Waals surface area contributed by atoms with Crippen LogP contribution in [0.2, 0.25) is 0 Å². The highest BCUT2D eigenvalue weighted by Gasteiger charge is 2.21. The molecule has 1 aliphatic carbocycles. The van der Waals surface area contributed by atoms with Gasteiger partial charge in [-0.05, 0) is 67.1 Å². The number of benzene rings is 2. The topological polar surface area (TPSA) is 29.5 Å². The Morgan fingerprint density at radius 2 is 1.66 bits per heavy atom. The molecule has 0 heterocycles. The van der Waals surface area contributed by atoms with E-state index in [1.54, 1.807) is 0 Å². The van der Waals surface area contributed by atoms with Crippen LogP contribution >= 0.6 is 0 Å². The van der Waals surface area contributed by atoms with Crippen LogP contribution in [0.4, 0.5) is 0 Å². The second kappa shape index (κ2) is 11.1. The third-order valence-corrected chi connectivity index (χ3v) is 6.08. The van der Waals surface area contributed by atoms with E-state index in [1.807, 2.05) is 12.1 Å². The van der Waals surface area contributed by atoms with Gasteiger partial charge in [0.25, 0.3) is 0 Å². The van der Waals surface area contributed by atoms with Gasteiger partial charge < -0.3 is 9.84 Å². The van der Waals surface area contributed by atoms with Crippen molar-refractivity contribution in [2.24, 2.45) is 0 Å². The smallest absolute Gasteiger partial charge is 0.119 e. The van der Waals surface area contributed by atoms with Crippen molar-refractivity contribution < 1.29 is 9.84 Å². The average Bonchev–Trinajstić information content (AvgIpc) is 2.73. The van der Waals surface area contributed by atoms with Gasteiger partial charge in [0, 0.05) is 5.92 Å². The fourth-order valence-electron chi connectivity index (χ4n) is 4.24. The summed E-state index contributed by atoms with van der Waals surface area (Å²) in [6.45, 7) is 5.30. The zero-order valence-corrected chi connectivity index (χ0v) is 18.1. The molecular weight excluding hydrogens is 356 g/mol. The summed E-state index contributed by atoms with van der Waals surface area (Å²) in [6.07, 6.45) is 13.4. The number of allylic oxidation sites excluding steroid dienone is 2. The lowest BCUT2D eigenvalue weighted by atomic mass is 9.79. The molecule has 0 amide bonds. The quantitative estimate of drug-likeness (QED) is 0.320. The molecule has 1 atom stereocenters. The fourth-order valence-corrected chi connectivity index (χ4v) is 4.24. The molecule has 29 heavy (non-hydrogen) atoms. The number of phenols is 1. The number of aromatic hydroxyl groups is 1. The van der Waals surface area contributed by atoms with Crippen LogP contribution in [0.25, 0.3) is 0 Å². The highest BCUT2D eigenvalue weighted by molar-refractivity contribution is 5.46. The summed E-state index contributed by atoms with van der Waals surface area (Å²) < 4.78 is 5.93. The first-order valence-corrected chi connectivity index (χ1v) is 11.4. The van der Waals surface area contributed by atoms with Crippen LogP contribution in [-0.2, 0) is 12.8 Å². The van der Waals surface area contributed by atoms with Crippen LogP contribution in [0.5, 0.6) is 11.5 Å². The number of phenolic OH excluding ortho intramolecular Hbond substituents is 1. The molecule has 0 spiro atoms. The summed E-state index contributed by atoms with van der Waals surface area (Å²) in [7, 11) is 0. The SMILES string of the molecule is CCCCCCCCCOc1ccc(CC2C(C)=CCc3cc(O)ccc32)cc1. The Morgan fingerprint density at radius 3 is 2.41 bits per heavy atom. The van der Waals surface area contributed by atoms with E-state index in [2.05, 4.69) is 50.3 Å². The largest absolute Gasteiger partial charge is 0.508 e. The number of unbranched alkanes of at least 4 members (excludes halogenated alkanes) is 6. The molecule has 3 rings (SSSR count). The molecule has 156 valence electrons. The Balaban J connectivity index is 1.47. The molecule has 1 N–H and O–H groups in total. The number of hydrogen-bond acceptors (Lipinski definition) is 2. The molecule has 2 aromatic rings. The van der Waals surface area contributed by atoms with Crippen molar-refractivity contribution >= 4 is 0 Å². The maximum absolute atomic E-state index is 9.78. The second-order valence-corrected chi connectivity index (χ2v) is 8.41. The number of rotatable bonds is 11. The van der Waals surface area contributed by atoms with Crippen LogP contribution in [0.1, 0.15) is 81.4 Å². The van der Waals surface area contributed by atoms with Gasteiger partial charge in [-0.25, -0.2) is 0 Å². The summed E-state index contributed by atoms with van der Waals surface area (Å²) in [6, 6.07) is 14.4. The minimum atomic E-state index is 0.359. The lowest BCUT2D eigenvalue weighted by Crippen LogP contribution is -2.12. The molecule has 1 aliphatic rings. The molecule has 2 heteroatoms.